The third kappa shape index (κ3) is 72.3. The van der Waals surface area contributed by atoms with Crippen LogP contribution in [-0.2, 0) is 0 Å². The molecule has 0 saturated heterocycles. The van der Waals surface area contributed by atoms with E-state index >= 15 is 0 Å². The Kier molecular flexibility index (Phi) is 72.7. The van der Waals surface area contributed by atoms with E-state index < -0.39 is 0 Å². The van der Waals surface area contributed by atoms with Crippen LogP contribution in [0.3, 0.4) is 0 Å². The van der Waals surface area contributed by atoms with Crippen molar-refractivity contribution in [3.8, 4) is 0 Å². The third-order valence-corrected chi connectivity index (χ3v) is 17.8. The van der Waals surface area contributed by atoms with Crippen molar-refractivity contribution in [2.45, 2.75) is 456 Å². The van der Waals surface area contributed by atoms with E-state index in [1.807, 2.05) is 0 Å². The predicted molar refractivity (Wildman–Crippen MR) is 343 cm³/mol. The molecular weight excluding hydrogens is 897 g/mol. The number of thiol groups is 1. The zero-order valence-corrected chi connectivity index (χ0v) is 52.5. The van der Waals surface area contributed by atoms with Gasteiger partial charge in [-0.05, 0) is 12.2 Å². The standard InChI is InChI=1S/C72H146S/c1-2-3-4-5-6-7-8-9-10-11-12-13-14-15-16-17-18-19-20-21-22-23-24-25-26-27-28-29-30-31-32-33-34-35-36-37-38-39-40-41-42-43-44-45-46-47-48-49-50-51-52-53-54-55-56-57-58-59-60-61-62-63-64-65-66-67-68-69-70-71-72-73/h73H,2-72H2,1H3. The molecule has 0 atom stereocenters. The van der Waals surface area contributed by atoms with Crippen LogP contribution in [0.1, 0.15) is 456 Å². The SMILES string of the molecule is CCCCCCCCCCCCCCCCCCCCCCCCCCCCCCCCCCCCCCCCCCCCCCCCCCCCCCCCCCCCCCCCCCCCCCCCS. The molecule has 0 aliphatic heterocycles. The molecule has 73 heavy (non-hydrogen) atoms. The van der Waals surface area contributed by atoms with Gasteiger partial charge >= 0.3 is 0 Å². The molecule has 1 heteroatoms. The van der Waals surface area contributed by atoms with Gasteiger partial charge in [0.25, 0.3) is 0 Å². The Morgan fingerprint density at radius 2 is 0.178 bits per heavy atom. The maximum atomic E-state index is 4.31. The highest BCUT2D eigenvalue weighted by atomic mass is 32.1. The van der Waals surface area contributed by atoms with Crippen molar-refractivity contribution in [3.05, 3.63) is 0 Å². The van der Waals surface area contributed by atoms with Gasteiger partial charge in [0.1, 0.15) is 0 Å². The lowest BCUT2D eigenvalue weighted by molar-refractivity contribution is 0.506. The molecule has 0 aliphatic carbocycles. The summed E-state index contributed by atoms with van der Waals surface area (Å²) in [6, 6.07) is 0. The Morgan fingerprint density at radius 1 is 0.110 bits per heavy atom. The quantitative estimate of drug-likeness (QED) is 0.0455. The summed E-state index contributed by atoms with van der Waals surface area (Å²) < 4.78 is 0. The van der Waals surface area contributed by atoms with Crippen molar-refractivity contribution in [1.82, 2.24) is 0 Å². The van der Waals surface area contributed by atoms with Crippen molar-refractivity contribution in [2.75, 3.05) is 5.75 Å². The van der Waals surface area contributed by atoms with E-state index in [1.54, 1.807) is 0 Å². The van der Waals surface area contributed by atoms with E-state index in [0.717, 1.165) is 5.75 Å². The van der Waals surface area contributed by atoms with Crippen LogP contribution in [0, 0.1) is 0 Å². The van der Waals surface area contributed by atoms with Crippen molar-refractivity contribution in [3.63, 3.8) is 0 Å². The second-order valence-corrected chi connectivity index (χ2v) is 25.6. The number of hydrogen-bond acceptors (Lipinski definition) is 1. The highest BCUT2D eigenvalue weighted by molar-refractivity contribution is 7.80. The first-order valence-electron chi connectivity index (χ1n) is 36.0. The predicted octanol–water partition coefficient (Wildman–Crippen LogP) is 28.2. The molecule has 0 aliphatic rings. The van der Waals surface area contributed by atoms with Gasteiger partial charge in [0.05, 0.1) is 0 Å². The molecule has 0 fully saturated rings. The summed E-state index contributed by atoms with van der Waals surface area (Å²) in [4.78, 5) is 0. The van der Waals surface area contributed by atoms with Crippen molar-refractivity contribution in [1.29, 1.82) is 0 Å². The minimum Gasteiger partial charge on any atom is -0.179 e. The van der Waals surface area contributed by atoms with Crippen LogP contribution in [0.25, 0.3) is 0 Å². The molecule has 0 nitrogen and oxygen atoms in total. The third-order valence-electron chi connectivity index (χ3n) is 17.5. The van der Waals surface area contributed by atoms with Crippen molar-refractivity contribution < 1.29 is 0 Å². The molecule has 0 bridgehead atoms. The monoisotopic (exact) mass is 1040 g/mol. The second kappa shape index (κ2) is 72.3. The first kappa shape index (κ1) is 73.3. The molecular formula is C72H146S. The highest BCUT2D eigenvalue weighted by Gasteiger charge is 2.01. The topological polar surface area (TPSA) is 0 Å². The van der Waals surface area contributed by atoms with E-state index in [-0.39, 0.29) is 0 Å². The summed E-state index contributed by atoms with van der Waals surface area (Å²) in [5.74, 6) is 1.07. The fourth-order valence-corrected chi connectivity index (χ4v) is 12.4. The van der Waals surface area contributed by atoms with Crippen LogP contribution < -0.4 is 0 Å². The van der Waals surface area contributed by atoms with Gasteiger partial charge in [-0.25, -0.2) is 0 Å². The maximum absolute atomic E-state index is 4.31. The van der Waals surface area contributed by atoms with Crippen LogP contribution in [-0.4, -0.2) is 5.75 Å². The zero-order chi connectivity index (χ0) is 52.2. The highest BCUT2D eigenvalue weighted by Crippen LogP contribution is 2.21. The molecule has 0 heterocycles. The van der Waals surface area contributed by atoms with Crippen LogP contribution in [0.4, 0.5) is 0 Å². The van der Waals surface area contributed by atoms with Crippen LogP contribution in [0.2, 0.25) is 0 Å². The molecule has 440 valence electrons. The van der Waals surface area contributed by atoms with Crippen molar-refractivity contribution in [2.24, 2.45) is 0 Å². The largest absolute Gasteiger partial charge is 0.179 e. The number of unbranched alkanes of at least 4 members (excludes halogenated alkanes) is 69. The minimum atomic E-state index is 1.07. The average molecular weight is 1040 g/mol. The molecule has 0 radical (unpaired) electrons. The number of hydrogen-bond donors (Lipinski definition) is 1. The first-order valence-corrected chi connectivity index (χ1v) is 36.7. The van der Waals surface area contributed by atoms with Crippen molar-refractivity contribution >= 4 is 12.6 Å². The lowest BCUT2D eigenvalue weighted by Gasteiger charge is -2.05. The smallest absolute Gasteiger partial charge is 0.00979 e. The summed E-state index contributed by atoms with van der Waals surface area (Å²) in [5, 5.41) is 0. The minimum absolute atomic E-state index is 1.07. The van der Waals surface area contributed by atoms with Crippen LogP contribution in [0.15, 0.2) is 0 Å². The molecule has 0 aromatic rings. The molecule has 0 unspecified atom stereocenters. The summed E-state index contributed by atoms with van der Waals surface area (Å²) >= 11 is 4.31. The zero-order valence-electron chi connectivity index (χ0n) is 51.7. The fourth-order valence-electron chi connectivity index (χ4n) is 12.2. The number of rotatable bonds is 70. The normalized spacial score (nSPS) is 11.8. The van der Waals surface area contributed by atoms with Gasteiger partial charge in [0.2, 0.25) is 0 Å². The van der Waals surface area contributed by atoms with Gasteiger partial charge < -0.3 is 0 Å². The van der Waals surface area contributed by atoms with Gasteiger partial charge in [-0.15, -0.1) is 0 Å². The fraction of sp³-hybridized carbons (Fsp3) is 1.00. The molecule has 0 aromatic carbocycles. The van der Waals surface area contributed by atoms with E-state index in [4.69, 9.17) is 0 Å². The maximum Gasteiger partial charge on any atom is -0.00979 e. The molecule has 0 rings (SSSR count). The van der Waals surface area contributed by atoms with E-state index in [9.17, 15) is 0 Å². The summed E-state index contributed by atoms with van der Waals surface area (Å²) in [6.07, 6.45) is 104. The Morgan fingerprint density at radius 3 is 0.247 bits per heavy atom. The summed E-state index contributed by atoms with van der Waals surface area (Å²) in [5.41, 5.74) is 0. The van der Waals surface area contributed by atoms with Gasteiger partial charge in [0, 0.05) is 0 Å². The van der Waals surface area contributed by atoms with Gasteiger partial charge in [-0.3, -0.25) is 0 Å². The summed E-state index contributed by atoms with van der Waals surface area (Å²) in [7, 11) is 0. The molecule has 0 spiro atoms. The van der Waals surface area contributed by atoms with Gasteiger partial charge in [0.15, 0.2) is 0 Å². The molecule has 0 aromatic heterocycles. The average Bonchev–Trinajstić information content (AvgIpc) is 3.40. The Hall–Kier alpha value is 0.350. The molecule has 0 N–H and O–H groups in total. The van der Waals surface area contributed by atoms with E-state index in [1.165, 1.54) is 449 Å². The Labute approximate surface area is 472 Å². The lowest BCUT2D eigenvalue weighted by Crippen LogP contribution is -1.85. The van der Waals surface area contributed by atoms with E-state index in [2.05, 4.69) is 19.6 Å². The van der Waals surface area contributed by atoms with Crippen LogP contribution >= 0.6 is 12.6 Å². The van der Waals surface area contributed by atoms with Gasteiger partial charge in [-0.1, -0.05) is 450 Å². The lowest BCUT2D eigenvalue weighted by atomic mass is 10.0. The van der Waals surface area contributed by atoms with Gasteiger partial charge in [-0.2, -0.15) is 12.6 Å². The first-order chi connectivity index (χ1) is 36.4. The second-order valence-electron chi connectivity index (χ2n) is 25.1. The van der Waals surface area contributed by atoms with E-state index in [0.29, 0.717) is 0 Å². The Balaban J connectivity index is 3.07. The summed E-state index contributed by atoms with van der Waals surface area (Å²) in [6.45, 7) is 2.32. The molecule has 0 amide bonds. The van der Waals surface area contributed by atoms with Crippen LogP contribution in [0.5, 0.6) is 0 Å². The molecule has 0 saturated carbocycles. The Bertz CT molecular complexity index is 811.